The van der Waals surface area contributed by atoms with Crippen LogP contribution in [0.1, 0.15) is 4.88 Å². The van der Waals surface area contributed by atoms with Crippen molar-refractivity contribution in [2.45, 2.75) is 6.92 Å². The Bertz CT molecular complexity index is 1060. The van der Waals surface area contributed by atoms with E-state index in [1.54, 1.807) is 29.8 Å². The first kappa shape index (κ1) is 16.3. The third kappa shape index (κ3) is 3.18. The summed E-state index contributed by atoms with van der Waals surface area (Å²) in [5.74, 6) is 1.31. The Hall–Kier alpha value is -2.21. The number of halogens is 2. The van der Waals surface area contributed by atoms with Crippen LogP contribution in [0, 0.1) is 6.92 Å². The number of aryl methyl sites for hydroxylation is 1. The van der Waals surface area contributed by atoms with E-state index in [2.05, 4.69) is 21.4 Å². The third-order valence-electron chi connectivity index (χ3n) is 3.64. The molecule has 0 amide bonds. The van der Waals surface area contributed by atoms with Gasteiger partial charge in [0.05, 0.1) is 21.1 Å². The number of nitrogens with zero attached hydrogens (tertiary/aromatic N) is 3. The number of pyridine rings is 1. The van der Waals surface area contributed by atoms with Crippen LogP contribution in [-0.2, 0) is 0 Å². The Morgan fingerprint density at radius 1 is 1.08 bits per heavy atom. The zero-order chi connectivity index (χ0) is 17.4. The van der Waals surface area contributed by atoms with Crippen molar-refractivity contribution in [2.75, 3.05) is 5.32 Å². The van der Waals surface area contributed by atoms with Crippen molar-refractivity contribution in [1.29, 1.82) is 0 Å². The molecule has 0 unspecified atom stereocenters. The van der Waals surface area contributed by atoms with Crippen molar-refractivity contribution < 1.29 is 0 Å². The molecule has 4 aromatic rings. The van der Waals surface area contributed by atoms with Crippen LogP contribution in [0.3, 0.4) is 0 Å². The van der Waals surface area contributed by atoms with Crippen molar-refractivity contribution in [2.24, 2.45) is 0 Å². The lowest BCUT2D eigenvalue weighted by Gasteiger charge is -2.11. The molecule has 0 bridgehead atoms. The van der Waals surface area contributed by atoms with Gasteiger partial charge in [0.2, 0.25) is 0 Å². The molecule has 1 aromatic carbocycles. The molecule has 0 atom stereocenters. The van der Waals surface area contributed by atoms with E-state index >= 15 is 0 Å². The molecule has 0 aliphatic rings. The van der Waals surface area contributed by atoms with Crippen LogP contribution in [0.4, 0.5) is 11.5 Å². The third-order valence-corrected chi connectivity index (χ3v) is 5.40. The molecule has 124 valence electrons. The molecular weight excluding hydrogens is 375 g/mol. The molecule has 0 fully saturated rings. The van der Waals surface area contributed by atoms with Gasteiger partial charge >= 0.3 is 0 Å². The lowest BCUT2D eigenvalue weighted by Crippen LogP contribution is -1.99. The van der Waals surface area contributed by atoms with E-state index in [-0.39, 0.29) is 0 Å². The number of benzene rings is 1. The van der Waals surface area contributed by atoms with Crippen molar-refractivity contribution in [3.8, 4) is 11.4 Å². The Balaban J connectivity index is 1.88. The molecule has 0 aliphatic carbocycles. The van der Waals surface area contributed by atoms with E-state index in [1.165, 1.54) is 0 Å². The highest BCUT2D eigenvalue weighted by Crippen LogP contribution is 2.36. The first-order chi connectivity index (χ1) is 12.1. The molecule has 0 radical (unpaired) electrons. The maximum Gasteiger partial charge on any atom is 0.164 e. The van der Waals surface area contributed by atoms with Crippen molar-refractivity contribution >= 4 is 56.3 Å². The first-order valence-electron chi connectivity index (χ1n) is 7.51. The molecule has 0 aliphatic heterocycles. The van der Waals surface area contributed by atoms with E-state index in [1.807, 2.05) is 31.2 Å². The fraction of sp³-hybridized carbons (Fsp3) is 0.0556. The number of nitrogens with one attached hydrogen (secondary N) is 1. The summed E-state index contributed by atoms with van der Waals surface area (Å²) in [5.41, 5.74) is 1.56. The van der Waals surface area contributed by atoms with Crippen LogP contribution in [0.2, 0.25) is 10.0 Å². The average molecular weight is 387 g/mol. The smallest absolute Gasteiger partial charge is 0.164 e. The van der Waals surface area contributed by atoms with E-state index < -0.39 is 0 Å². The van der Waals surface area contributed by atoms with Gasteiger partial charge in [-0.3, -0.25) is 4.98 Å². The fourth-order valence-electron chi connectivity index (χ4n) is 2.49. The molecule has 3 heterocycles. The lowest BCUT2D eigenvalue weighted by atomic mass is 10.2. The van der Waals surface area contributed by atoms with Crippen LogP contribution in [0.25, 0.3) is 21.6 Å². The minimum atomic E-state index is 0.464. The summed E-state index contributed by atoms with van der Waals surface area (Å²) in [5, 5.41) is 5.20. The lowest BCUT2D eigenvalue weighted by molar-refractivity contribution is 1.21. The molecule has 7 heteroatoms. The van der Waals surface area contributed by atoms with Crippen molar-refractivity contribution in [3.05, 3.63) is 63.7 Å². The molecule has 0 spiro atoms. The quantitative estimate of drug-likeness (QED) is 0.461. The molecular formula is C18H12Cl2N4S. The van der Waals surface area contributed by atoms with Gasteiger partial charge in [-0.2, -0.15) is 0 Å². The van der Waals surface area contributed by atoms with E-state index in [4.69, 9.17) is 28.2 Å². The van der Waals surface area contributed by atoms with Crippen LogP contribution in [-0.4, -0.2) is 15.0 Å². The molecule has 4 rings (SSSR count). The summed E-state index contributed by atoms with van der Waals surface area (Å²) in [7, 11) is 0. The molecule has 3 aromatic heterocycles. The van der Waals surface area contributed by atoms with Gasteiger partial charge < -0.3 is 5.32 Å². The monoisotopic (exact) mass is 386 g/mol. The SMILES string of the molecule is Cc1cc2c(Nc3cccc(Cl)c3Cl)nc(-c3cccnc3)nc2s1. The topological polar surface area (TPSA) is 50.7 Å². The van der Waals surface area contributed by atoms with E-state index in [9.17, 15) is 0 Å². The van der Waals surface area contributed by atoms with Gasteiger partial charge in [-0.1, -0.05) is 29.3 Å². The van der Waals surface area contributed by atoms with Gasteiger partial charge in [0.1, 0.15) is 10.6 Å². The van der Waals surface area contributed by atoms with E-state index in [0.717, 1.165) is 20.7 Å². The summed E-state index contributed by atoms with van der Waals surface area (Å²) in [6.07, 6.45) is 3.47. The highest BCUT2D eigenvalue weighted by atomic mass is 35.5. The number of fused-ring (bicyclic) bond motifs is 1. The highest BCUT2D eigenvalue weighted by Gasteiger charge is 2.14. The predicted octanol–water partition coefficient (Wildman–Crippen LogP) is 6.11. The number of hydrogen-bond donors (Lipinski definition) is 1. The van der Waals surface area contributed by atoms with E-state index in [0.29, 0.717) is 27.4 Å². The number of rotatable bonds is 3. The van der Waals surface area contributed by atoms with Crippen LogP contribution in [0.5, 0.6) is 0 Å². The molecule has 0 saturated heterocycles. The van der Waals surface area contributed by atoms with Gasteiger partial charge in [-0.25, -0.2) is 9.97 Å². The van der Waals surface area contributed by atoms with Crippen LogP contribution >= 0.6 is 34.5 Å². The van der Waals surface area contributed by atoms with Gasteiger partial charge in [-0.15, -0.1) is 11.3 Å². The fourth-order valence-corrected chi connectivity index (χ4v) is 3.72. The molecule has 0 saturated carbocycles. The minimum absolute atomic E-state index is 0.464. The second kappa shape index (κ2) is 6.59. The largest absolute Gasteiger partial charge is 0.338 e. The number of hydrogen-bond acceptors (Lipinski definition) is 5. The Kier molecular flexibility index (Phi) is 4.29. The molecule has 4 nitrogen and oxygen atoms in total. The van der Waals surface area contributed by atoms with Crippen LogP contribution < -0.4 is 5.32 Å². The zero-order valence-corrected chi connectivity index (χ0v) is 15.5. The van der Waals surface area contributed by atoms with Gasteiger partial charge in [-0.05, 0) is 37.3 Å². The maximum absolute atomic E-state index is 6.31. The van der Waals surface area contributed by atoms with Crippen molar-refractivity contribution in [3.63, 3.8) is 0 Å². The Morgan fingerprint density at radius 3 is 2.76 bits per heavy atom. The predicted molar refractivity (Wildman–Crippen MR) is 105 cm³/mol. The normalized spacial score (nSPS) is 11.0. The maximum atomic E-state index is 6.31. The summed E-state index contributed by atoms with van der Waals surface area (Å²) < 4.78 is 0. The van der Waals surface area contributed by atoms with Gasteiger partial charge in [0.25, 0.3) is 0 Å². The second-order valence-electron chi connectivity index (χ2n) is 5.44. The summed E-state index contributed by atoms with van der Waals surface area (Å²) in [6.45, 7) is 2.05. The highest BCUT2D eigenvalue weighted by molar-refractivity contribution is 7.18. The number of anilines is 2. The standard InChI is InChI=1S/C18H12Cl2N4S/c1-10-8-12-17(22-14-6-2-5-13(19)15(14)20)23-16(24-18(12)25-10)11-4-3-7-21-9-11/h2-9H,1H3,(H,22,23,24). The summed E-state index contributed by atoms with van der Waals surface area (Å²) >= 11 is 14.1. The molecule has 25 heavy (non-hydrogen) atoms. The Morgan fingerprint density at radius 2 is 1.96 bits per heavy atom. The number of thiophene rings is 1. The molecule has 1 N–H and O–H groups in total. The van der Waals surface area contributed by atoms with Crippen LogP contribution in [0.15, 0.2) is 48.8 Å². The summed E-state index contributed by atoms with van der Waals surface area (Å²) in [6, 6.07) is 11.3. The minimum Gasteiger partial charge on any atom is -0.338 e. The second-order valence-corrected chi connectivity index (χ2v) is 7.46. The van der Waals surface area contributed by atoms with Crippen molar-refractivity contribution in [1.82, 2.24) is 15.0 Å². The zero-order valence-electron chi connectivity index (χ0n) is 13.1. The Labute approximate surface area is 158 Å². The summed E-state index contributed by atoms with van der Waals surface area (Å²) in [4.78, 5) is 15.6. The first-order valence-corrected chi connectivity index (χ1v) is 9.08. The van der Waals surface area contributed by atoms with Gasteiger partial charge in [0, 0.05) is 22.8 Å². The average Bonchev–Trinajstić information content (AvgIpc) is 3.00. The van der Waals surface area contributed by atoms with Gasteiger partial charge in [0.15, 0.2) is 5.82 Å². The number of aromatic nitrogens is 3.